The number of aromatic hydroxyl groups is 1. The van der Waals surface area contributed by atoms with Crippen LogP contribution in [0.3, 0.4) is 0 Å². The summed E-state index contributed by atoms with van der Waals surface area (Å²) in [6, 6.07) is 5.93. The number of halogens is 1. The number of hydrogen-bond acceptors (Lipinski definition) is 3. The molecule has 2 N–H and O–H groups in total. The molecule has 15 heavy (non-hydrogen) atoms. The number of H-pyrrole nitrogens is 1. The van der Waals surface area contributed by atoms with E-state index in [1.165, 1.54) is 0 Å². The molecule has 0 fully saturated rings. The Bertz CT molecular complexity index is 648. The molecule has 0 amide bonds. The van der Waals surface area contributed by atoms with Crippen LogP contribution in [0.15, 0.2) is 38.3 Å². The lowest BCUT2D eigenvalue weighted by Gasteiger charge is -1.97. The number of rotatable bonds is 0. The van der Waals surface area contributed by atoms with Gasteiger partial charge in [-0.25, -0.2) is 0 Å². The molecule has 0 aliphatic heterocycles. The maximum absolute atomic E-state index is 11.2. The molecule has 5 heteroatoms. The van der Waals surface area contributed by atoms with Gasteiger partial charge in [0, 0.05) is 10.5 Å². The van der Waals surface area contributed by atoms with E-state index >= 15 is 0 Å². The van der Waals surface area contributed by atoms with E-state index in [2.05, 4.69) is 20.9 Å². The van der Waals surface area contributed by atoms with E-state index < -0.39 is 11.0 Å². The zero-order valence-electron chi connectivity index (χ0n) is 7.45. The van der Waals surface area contributed by atoms with Crippen LogP contribution in [0.4, 0.5) is 0 Å². The Balaban J connectivity index is 3.17. The fraction of sp³-hybridized carbons (Fsp3) is 0. The van der Waals surface area contributed by atoms with Crippen LogP contribution in [-0.2, 0) is 0 Å². The van der Waals surface area contributed by atoms with Crippen molar-refractivity contribution < 1.29 is 5.11 Å². The lowest BCUT2D eigenvalue weighted by atomic mass is 10.2. The lowest BCUT2D eigenvalue weighted by molar-refractivity contribution is 0.481. The van der Waals surface area contributed by atoms with E-state index in [0.29, 0.717) is 15.4 Å². The second kappa shape index (κ2) is 3.51. The Kier molecular flexibility index (Phi) is 2.32. The Morgan fingerprint density at radius 2 is 2.00 bits per heavy atom. The van der Waals surface area contributed by atoms with Gasteiger partial charge in [-0.2, -0.15) is 0 Å². The second-order valence-electron chi connectivity index (χ2n) is 3.01. The molecule has 0 saturated heterocycles. The van der Waals surface area contributed by atoms with Gasteiger partial charge in [0.2, 0.25) is 5.43 Å². The molecular weight excluding hydrogens is 262 g/mol. The molecular formula is C10H6BrNO3. The highest BCUT2D eigenvalue weighted by molar-refractivity contribution is 9.10. The van der Waals surface area contributed by atoms with Crippen LogP contribution in [0, 0.1) is 0 Å². The molecule has 1 heterocycles. The van der Waals surface area contributed by atoms with E-state index in [0.717, 1.165) is 6.07 Å². The molecule has 0 radical (unpaired) electrons. The molecule has 1 aromatic heterocycles. The molecule has 0 spiro atoms. The highest BCUT2D eigenvalue weighted by atomic mass is 79.9. The predicted molar refractivity (Wildman–Crippen MR) is 60.2 cm³/mol. The zero-order chi connectivity index (χ0) is 11.0. The van der Waals surface area contributed by atoms with Gasteiger partial charge in [-0.15, -0.1) is 0 Å². The molecule has 0 aliphatic carbocycles. The molecule has 0 unspecified atom stereocenters. The van der Waals surface area contributed by atoms with E-state index in [4.69, 9.17) is 0 Å². The van der Waals surface area contributed by atoms with Crippen molar-refractivity contribution in [3.05, 3.63) is 49.3 Å². The first-order valence-electron chi connectivity index (χ1n) is 4.14. The van der Waals surface area contributed by atoms with E-state index in [-0.39, 0.29) is 5.75 Å². The van der Waals surface area contributed by atoms with Crippen molar-refractivity contribution in [3.63, 3.8) is 0 Å². The summed E-state index contributed by atoms with van der Waals surface area (Å²) in [7, 11) is 0. The van der Waals surface area contributed by atoms with Gasteiger partial charge >= 0.3 is 0 Å². The summed E-state index contributed by atoms with van der Waals surface area (Å²) in [5.74, 6) is -0.221. The van der Waals surface area contributed by atoms with Crippen LogP contribution < -0.4 is 11.0 Å². The van der Waals surface area contributed by atoms with E-state index in [1.54, 1.807) is 18.2 Å². The fourth-order valence-corrected chi connectivity index (χ4v) is 1.90. The van der Waals surface area contributed by atoms with Crippen molar-refractivity contribution in [2.75, 3.05) is 0 Å². The molecule has 2 aromatic rings. The van der Waals surface area contributed by atoms with Crippen molar-refractivity contribution in [1.29, 1.82) is 0 Å². The first-order chi connectivity index (χ1) is 7.09. The average molecular weight is 268 g/mol. The number of fused-ring (bicyclic) bond motifs is 1. The fourth-order valence-electron chi connectivity index (χ4n) is 1.33. The van der Waals surface area contributed by atoms with Crippen molar-refractivity contribution >= 4 is 26.8 Å². The van der Waals surface area contributed by atoms with Crippen molar-refractivity contribution in [2.24, 2.45) is 0 Å². The van der Waals surface area contributed by atoms with Crippen LogP contribution in [0.2, 0.25) is 0 Å². The third-order valence-corrected chi connectivity index (χ3v) is 2.67. The molecule has 0 aliphatic rings. The summed E-state index contributed by atoms with van der Waals surface area (Å²) in [6.07, 6.45) is 0. The Hall–Kier alpha value is -1.62. The number of aromatic nitrogens is 1. The highest BCUT2D eigenvalue weighted by Crippen LogP contribution is 2.27. The van der Waals surface area contributed by atoms with Crippen molar-refractivity contribution in [3.8, 4) is 5.75 Å². The van der Waals surface area contributed by atoms with Crippen LogP contribution in [0.25, 0.3) is 10.9 Å². The maximum atomic E-state index is 11.2. The van der Waals surface area contributed by atoms with Gasteiger partial charge in [-0.1, -0.05) is 6.07 Å². The standard InChI is InChI=1S/C10H6BrNO3/c11-5-2-1-3-6-9(5)7(13)4-8(14)10(15)12-6/h1-4,13H,(H,12,14,15). The number of aromatic amines is 1. The summed E-state index contributed by atoms with van der Waals surface area (Å²) in [5.41, 5.74) is -1.11. The minimum absolute atomic E-state index is 0.221. The summed E-state index contributed by atoms with van der Waals surface area (Å²) >= 11 is 3.23. The summed E-state index contributed by atoms with van der Waals surface area (Å²) in [6.45, 7) is 0. The molecule has 0 atom stereocenters. The minimum Gasteiger partial charge on any atom is -0.507 e. The van der Waals surface area contributed by atoms with Gasteiger partial charge < -0.3 is 10.1 Å². The number of hydrogen-bond donors (Lipinski definition) is 2. The third-order valence-electron chi connectivity index (χ3n) is 2.01. The molecule has 0 saturated carbocycles. The normalized spacial score (nSPS) is 10.5. The average Bonchev–Trinajstić information content (AvgIpc) is 2.26. The second-order valence-corrected chi connectivity index (χ2v) is 3.86. The van der Waals surface area contributed by atoms with Crippen molar-refractivity contribution in [2.45, 2.75) is 0 Å². The SMILES string of the molecule is O=c1cc(O)c2c(Br)cccc2[nH]c1=O. The smallest absolute Gasteiger partial charge is 0.296 e. The van der Waals surface area contributed by atoms with Gasteiger partial charge in [0.05, 0.1) is 10.9 Å². The minimum atomic E-state index is -0.768. The third kappa shape index (κ3) is 1.66. The van der Waals surface area contributed by atoms with E-state index in [9.17, 15) is 14.7 Å². The van der Waals surface area contributed by atoms with Crippen LogP contribution >= 0.6 is 15.9 Å². The van der Waals surface area contributed by atoms with Crippen LogP contribution in [0.5, 0.6) is 5.75 Å². The van der Waals surface area contributed by atoms with Gasteiger partial charge in [0.1, 0.15) is 5.75 Å². The largest absolute Gasteiger partial charge is 0.507 e. The molecule has 0 bridgehead atoms. The van der Waals surface area contributed by atoms with Crippen LogP contribution in [0.1, 0.15) is 0 Å². The van der Waals surface area contributed by atoms with Gasteiger partial charge in [-0.05, 0) is 28.1 Å². The Morgan fingerprint density at radius 3 is 2.73 bits per heavy atom. The molecule has 2 rings (SSSR count). The summed E-state index contributed by atoms with van der Waals surface area (Å²) in [4.78, 5) is 24.8. The molecule has 4 nitrogen and oxygen atoms in total. The quantitative estimate of drug-likeness (QED) is 0.708. The van der Waals surface area contributed by atoms with E-state index in [1.807, 2.05) is 0 Å². The Labute approximate surface area is 92.3 Å². The first kappa shape index (κ1) is 9.92. The predicted octanol–water partition coefficient (Wildman–Crippen LogP) is 1.36. The van der Waals surface area contributed by atoms with Crippen molar-refractivity contribution in [1.82, 2.24) is 4.98 Å². The number of nitrogens with one attached hydrogen (secondary N) is 1. The topological polar surface area (TPSA) is 70.2 Å². The monoisotopic (exact) mass is 267 g/mol. The summed E-state index contributed by atoms with van der Waals surface area (Å²) in [5, 5.41) is 10.0. The van der Waals surface area contributed by atoms with Gasteiger partial charge in [0.15, 0.2) is 0 Å². The molecule has 1 aromatic carbocycles. The zero-order valence-corrected chi connectivity index (χ0v) is 9.04. The molecule has 76 valence electrons. The van der Waals surface area contributed by atoms with Gasteiger partial charge in [0.25, 0.3) is 5.56 Å². The maximum Gasteiger partial charge on any atom is 0.296 e. The van der Waals surface area contributed by atoms with Gasteiger partial charge in [-0.3, -0.25) is 9.59 Å². The Morgan fingerprint density at radius 1 is 1.27 bits per heavy atom. The highest BCUT2D eigenvalue weighted by Gasteiger charge is 2.05. The first-order valence-corrected chi connectivity index (χ1v) is 4.94. The summed E-state index contributed by atoms with van der Waals surface area (Å²) < 4.78 is 0.615. The lowest BCUT2D eigenvalue weighted by Crippen LogP contribution is -2.22. The number of benzene rings is 1. The van der Waals surface area contributed by atoms with Crippen LogP contribution in [-0.4, -0.2) is 10.1 Å².